The number of carboxylic acids is 1. The number of likely N-dealkylation sites (N-methyl/N-ethyl adjacent to an activating group) is 1. The lowest BCUT2D eigenvalue weighted by Gasteiger charge is -2.26. The van der Waals surface area contributed by atoms with E-state index in [-0.39, 0.29) is 25.5 Å². The lowest BCUT2D eigenvalue weighted by atomic mass is 9.98. The topological polar surface area (TPSA) is 105 Å². The average Bonchev–Trinajstić information content (AvgIpc) is 3.12. The molecule has 8 heteroatoms. The third-order valence-corrected chi connectivity index (χ3v) is 5.87. The van der Waals surface area contributed by atoms with Crippen molar-refractivity contribution in [3.8, 4) is 11.1 Å². The Kier molecular flexibility index (Phi) is 7.48. The smallest absolute Gasteiger partial charge is 0.407 e. The first-order valence-electron chi connectivity index (χ1n) is 10.5. The monoisotopic (exact) mass is 440 g/mol. The molecule has 1 aliphatic carbocycles. The number of ether oxygens (including phenoxy) is 2. The number of fused-ring (bicyclic) bond motifs is 3. The van der Waals surface area contributed by atoms with Crippen LogP contribution < -0.4 is 5.32 Å². The van der Waals surface area contributed by atoms with Crippen molar-refractivity contribution in [2.75, 3.05) is 27.3 Å². The maximum Gasteiger partial charge on any atom is 0.407 e. The van der Waals surface area contributed by atoms with Gasteiger partial charge in [0.15, 0.2) is 0 Å². The zero-order valence-electron chi connectivity index (χ0n) is 18.4. The van der Waals surface area contributed by atoms with Gasteiger partial charge in [-0.1, -0.05) is 48.5 Å². The Hall–Kier alpha value is -3.39. The minimum Gasteiger partial charge on any atom is -0.480 e. The Bertz CT molecular complexity index is 946. The van der Waals surface area contributed by atoms with E-state index >= 15 is 0 Å². The standard InChI is InChI=1S/C24H28N2O6/c1-15(23(28)29)26(2)22(27)21(31-3)12-13-25-24(30)32-14-20-18-10-6-4-8-16(18)17-9-5-7-11-19(17)20/h4-11,15,20-21H,12-14H2,1-3H3,(H,25,30)(H,28,29)/t15-,21?/m0/s1. The van der Waals surface area contributed by atoms with E-state index in [1.165, 1.54) is 21.1 Å². The minimum atomic E-state index is -1.10. The van der Waals surface area contributed by atoms with Gasteiger partial charge in [0, 0.05) is 33.0 Å². The number of carboxylic acid groups (broad SMARTS) is 1. The van der Waals surface area contributed by atoms with Gasteiger partial charge in [-0.25, -0.2) is 9.59 Å². The zero-order valence-corrected chi connectivity index (χ0v) is 18.4. The van der Waals surface area contributed by atoms with Gasteiger partial charge in [0.25, 0.3) is 5.91 Å². The van der Waals surface area contributed by atoms with Crippen LogP contribution in [-0.4, -0.2) is 67.4 Å². The fraction of sp³-hybridized carbons (Fsp3) is 0.375. The highest BCUT2D eigenvalue weighted by Crippen LogP contribution is 2.44. The molecule has 0 heterocycles. The third-order valence-electron chi connectivity index (χ3n) is 5.87. The van der Waals surface area contributed by atoms with Gasteiger partial charge in [-0.3, -0.25) is 4.79 Å². The summed E-state index contributed by atoms with van der Waals surface area (Å²) in [7, 11) is 2.78. The third kappa shape index (κ3) is 4.91. The van der Waals surface area contributed by atoms with Gasteiger partial charge in [0.05, 0.1) is 0 Å². The van der Waals surface area contributed by atoms with Crippen LogP contribution in [0.5, 0.6) is 0 Å². The fourth-order valence-corrected chi connectivity index (χ4v) is 3.88. The number of rotatable bonds is 9. The average molecular weight is 440 g/mol. The summed E-state index contributed by atoms with van der Waals surface area (Å²) in [6, 6.07) is 15.2. The van der Waals surface area contributed by atoms with E-state index in [1.807, 2.05) is 36.4 Å². The van der Waals surface area contributed by atoms with Crippen molar-refractivity contribution in [2.24, 2.45) is 0 Å². The highest BCUT2D eigenvalue weighted by Gasteiger charge is 2.30. The van der Waals surface area contributed by atoms with Gasteiger partial charge in [0.2, 0.25) is 0 Å². The van der Waals surface area contributed by atoms with E-state index in [0.29, 0.717) is 0 Å². The van der Waals surface area contributed by atoms with Gasteiger partial charge < -0.3 is 24.8 Å². The van der Waals surface area contributed by atoms with Crippen LogP contribution in [0.15, 0.2) is 48.5 Å². The first kappa shape index (κ1) is 23.3. The molecule has 0 spiro atoms. The molecule has 1 aliphatic rings. The van der Waals surface area contributed by atoms with E-state index in [2.05, 4.69) is 17.4 Å². The van der Waals surface area contributed by atoms with Crippen LogP contribution in [0.3, 0.4) is 0 Å². The van der Waals surface area contributed by atoms with Crippen molar-refractivity contribution in [1.29, 1.82) is 0 Å². The Balaban J connectivity index is 1.52. The van der Waals surface area contributed by atoms with Gasteiger partial charge in [0.1, 0.15) is 18.8 Å². The van der Waals surface area contributed by atoms with Crippen LogP contribution in [0, 0.1) is 0 Å². The second-order valence-electron chi connectivity index (χ2n) is 7.73. The van der Waals surface area contributed by atoms with E-state index in [9.17, 15) is 14.4 Å². The normalized spacial score (nSPS) is 14.1. The Labute approximate surface area is 187 Å². The largest absolute Gasteiger partial charge is 0.480 e. The van der Waals surface area contributed by atoms with Crippen molar-refractivity contribution in [3.63, 3.8) is 0 Å². The number of aliphatic carboxylic acids is 1. The Morgan fingerprint density at radius 1 is 1.06 bits per heavy atom. The number of carbonyl (C=O) groups excluding carboxylic acids is 2. The lowest BCUT2D eigenvalue weighted by Crippen LogP contribution is -2.46. The minimum absolute atomic E-state index is 0.0346. The van der Waals surface area contributed by atoms with Crippen LogP contribution in [0.25, 0.3) is 11.1 Å². The molecule has 2 aromatic carbocycles. The maximum absolute atomic E-state index is 12.4. The number of benzene rings is 2. The summed E-state index contributed by atoms with van der Waals surface area (Å²) >= 11 is 0. The second kappa shape index (κ2) is 10.3. The van der Waals surface area contributed by atoms with E-state index in [4.69, 9.17) is 14.6 Å². The molecular weight excluding hydrogens is 412 g/mol. The van der Waals surface area contributed by atoms with Crippen molar-refractivity contribution in [2.45, 2.75) is 31.4 Å². The van der Waals surface area contributed by atoms with Gasteiger partial charge in [-0.2, -0.15) is 0 Å². The number of nitrogens with zero attached hydrogens (tertiary/aromatic N) is 1. The number of methoxy groups -OCH3 is 1. The number of hydrogen-bond acceptors (Lipinski definition) is 5. The van der Waals surface area contributed by atoms with Crippen molar-refractivity contribution in [1.82, 2.24) is 10.2 Å². The zero-order chi connectivity index (χ0) is 23.3. The molecule has 8 nitrogen and oxygen atoms in total. The van der Waals surface area contributed by atoms with E-state index in [0.717, 1.165) is 27.2 Å². The second-order valence-corrected chi connectivity index (χ2v) is 7.73. The molecule has 32 heavy (non-hydrogen) atoms. The number of amides is 2. The molecular formula is C24H28N2O6. The van der Waals surface area contributed by atoms with E-state index < -0.39 is 30.1 Å². The van der Waals surface area contributed by atoms with Crippen LogP contribution in [0.4, 0.5) is 4.79 Å². The fourth-order valence-electron chi connectivity index (χ4n) is 3.88. The summed E-state index contributed by atoms with van der Waals surface area (Å²) in [6.45, 7) is 1.77. The van der Waals surface area contributed by atoms with Crippen LogP contribution >= 0.6 is 0 Å². The van der Waals surface area contributed by atoms with Crippen molar-refractivity contribution in [3.05, 3.63) is 59.7 Å². The highest BCUT2D eigenvalue weighted by atomic mass is 16.5. The molecule has 1 unspecified atom stereocenters. The summed E-state index contributed by atoms with van der Waals surface area (Å²) in [5.41, 5.74) is 4.56. The molecule has 0 bridgehead atoms. The highest BCUT2D eigenvalue weighted by molar-refractivity contribution is 5.86. The Morgan fingerprint density at radius 2 is 1.62 bits per heavy atom. The summed E-state index contributed by atoms with van der Waals surface area (Å²) in [6.07, 6.45) is -1.26. The number of hydrogen-bond donors (Lipinski definition) is 2. The Morgan fingerprint density at radius 3 is 2.16 bits per heavy atom. The van der Waals surface area contributed by atoms with Gasteiger partial charge in [-0.05, 0) is 29.2 Å². The number of alkyl carbamates (subject to hydrolysis) is 1. The molecule has 0 saturated heterocycles. The SMILES string of the molecule is COC(CCNC(=O)OCC1c2ccccc2-c2ccccc21)C(=O)N(C)[C@@H](C)C(=O)O. The first-order chi connectivity index (χ1) is 15.3. The van der Waals surface area contributed by atoms with E-state index in [1.54, 1.807) is 0 Å². The molecule has 3 rings (SSSR count). The van der Waals surface area contributed by atoms with Crippen LogP contribution in [0.2, 0.25) is 0 Å². The van der Waals surface area contributed by atoms with Crippen LogP contribution in [-0.2, 0) is 19.1 Å². The predicted molar refractivity (Wildman–Crippen MR) is 118 cm³/mol. The molecule has 2 N–H and O–H groups in total. The van der Waals surface area contributed by atoms with Crippen LogP contribution in [0.1, 0.15) is 30.4 Å². The maximum atomic E-state index is 12.4. The van der Waals surface area contributed by atoms with Gasteiger partial charge in [-0.15, -0.1) is 0 Å². The van der Waals surface area contributed by atoms with Gasteiger partial charge >= 0.3 is 12.1 Å². The summed E-state index contributed by atoms with van der Waals surface area (Å²) in [5, 5.41) is 11.7. The molecule has 0 radical (unpaired) electrons. The summed E-state index contributed by atoms with van der Waals surface area (Å²) in [5.74, 6) is -1.60. The summed E-state index contributed by atoms with van der Waals surface area (Å²) in [4.78, 5) is 36.9. The molecule has 0 aliphatic heterocycles. The quantitative estimate of drug-likeness (QED) is 0.621. The summed E-state index contributed by atoms with van der Waals surface area (Å²) < 4.78 is 10.7. The molecule has 2 amide bonds. The number of carbonyl (C=O) groups is 3. The van der Waals surface area contributed by atoms with Crippen molar-refractivity contribution < 1.29 is 29.0 Å². The number of nitrogens with one attached hydrogen (secondary N) is 1. The molecule has 0 fully saturated rings. The predicted octanol–water partition coefficient (Wildman–Crippen LogP) is 2.86. The first-order valence-corrected chi connectivity index (χ1v) is 10.5. The molecule has 170 valence electrons. The molecule has 2 atom stereocenters. The van der Waals surface area contributed by atoms with Crippen molar-refractivity contribution >= 4 is 18.0 Å². The molecule has 0 aromatic heterocycles. The lowest BCUT2D eigenvalue weighted by molar-refractivity contribution is -0.153. The molecule has 0 saturated carbocycles. The molecule has 2 aromatic rings.